The van der Waals surface area contributed by atoms with Crippen molar-refractivity contribution in [1.29, 1.82) is 0 Å². The van der Waals surface area contributed by atoms with Crippen LogP contribution in [0.2, 0.25) is 0 Å². The molecule has 1 fully saturated rings. The first-order valence-electron chi connectivity index (χ1n) is 8.04. The number of carbonyl (C=O) groups is 2. The van der Waals surface area contributed by atoms with Gasteiger partial charge in [0.1, 0.15) is 5.60 Å². The van der Waals surface area contributed by atoms with Crippen LogP contribution in [0.25, 0.3) is 0 Å². The molecule has 0 aromatic carbocycles. The second-order valence-corrected chi connectivity index (χ2v) is 6.97. The zero-order chi connectivity index (χ0) is 16.8. The summed E-state index contributed by atoms with van der Waals surface area (Å²) in [6.07, 6.45) is 1.61. The molecule has 6 nitrogen and oxygen atoms in total. The molecule has 0 aromatic heterocycles. The quantitative estimate of drug-likeness (QED) is 0.845. The summed E-state index contributed by atoms with van der Waals surface area (Å²) in [7, 11) is 0. The molecule has 0 radical (unpaired) electrons. The lowest BCUT2D eigenvalue weighted by Gasteiger charge is -2.39. The summed E-state index contributed by atoms with van der Waals surface area (Å²) in [6, 6.07) is 0. The number of rotatable bonds is 5. The lowest BCUT2D eigenvalue weighted by molar-refractivity contribution is -0.125. The molecule has 1 rings (SSSR count). The first-order chi connectivity index (χ1) is 10.2. The molecule has 22 heavy (non-hydrogen) atoms. The normalized spacial score (nSPS) is 18.0. The number of nitrogens with one attached hydrogen (secondary N) is 1. The smallest absolute Gasteiger partial charge is 0.410 e. The fourth-order valence-corrected chi connectivity index (χ4v) is 2.31. The second-order valence-electron chi connectivity index (χ2n) is 6.97. The molecule has 1 aliphatic heterocycles. The minimum atomic E-state index is -0.471. The fourth-order valence-electron chi connectivity index (χ4n) is 2.31. The highest BCUT2D eigenvalue weighted by atomic mass is 16.6. The van der Waals surface area contributed by atoms with Crippen molar-refractivity contribution in [3.8, 4) is 0 Å². The van der Waals surface area contributed by atoms with E-state index in [9.17, 15) is 9.59 Å². The molecule has 0 spiro atoms. The van der Waals surface area contributed by atoms with Crippen LogP contribution in [0, 0.1) is 0 Å². The fraction of sp³-hybridized carbons (Fsp3) is 0.875. The monoisotopic (exact) mass is 314 g/mol. The number of carbonyl (C=O) groups excluding carboxylic acids is 2. The second kappa shape index (κ2) is 7.81. The minimum Gasteiger partial charge on any atom is -0.444 e. The van der Waals surface area contributed by atoms with Crippen LogP contribution in [-0.4, -0.2) is 54.3 Å². The van der Waals surface area contributed by atoms with Crippen molar-refractivity contribution >= 4 is 12.0 Å². The molecule has 1 N–H and O–H groups in total. The number of piperidine rings is 1. The predicted molar refractivity (Wildman–Crippen MR) is 84.7 cm³/mol. The Kier molecular flexibility index (Phi) is 6.66. The van der Waals surface area contributed by atoms with Crippen LogP contribution < -0.4 is 5.32 Å². The van der Waals surface area contributed by atoms with Crippen molar-refractivity contribution in [2.45, 2.75) is 65.1 Å². The highest BCUT2D eigenvalue weighted by Gasteiger charge is 2.34. The third-order valence-electron chi connectivity index (χ3n) is 3.63. The summed E-state index contributed by atoms with van der Waals surface area (Å²) < 4.78 is 11.3. The maximum Gasteiger partial charge on any atom is 0.410 e. The summed E-state index contributed by atoms with van der Waals surface area (Å²) in [5.41, 5.74) is -0.744. The Hall–Kier alpha value is -1.30. The van der Waals surface area contributed by atoms with Gasteiger partial charge < -0.3 is 19.7 Å². The highest BCUT2D eigenvalue weighted by Crippen LogP contribution is 2.27. The number of hydrogen-bond acceptors (Lipinski definition) is 4. The van der Waals surface area contributed by atoms with Crippen LogP contribution in [0.1, 0.15) is 53.9 Å². The van der Waals surface area contributed by atoms with Gasteiger partial charge in [0.05, 0.1) is 12.2 Å². The minimum absolute atomic E-state index is 0.0114. The van der Waals surface area contributed by atoms with Gasteiger partial charge in [-0.1, -0.05) is 0 Å². The zero-order valence-electron chi connectivity index (χ0n) is 14.5. The van der Waals surface area contributed by atoms with E-state index in [1.165, 1.54) is 0 Å². The van der Waals surface area contributed by atoms with Crippen LogP contribution in [-0.2, 0) is 14.3 Å². The average molecular weight is 314 g/mol. The summed E-state index contributed by atoms with van der Waals surface area (Å²) in [5.74, 6) is 0.0114. The molecule has 0 aliphatic carbocycles. The van der Waals surface area contributed by atoms with Crippen molar-refractivity contribution < 1.29 is 19.1 Å². The molecule has 1 saturated heterocycles. The van der Waals surface area contributed by atoms with Gasteiger partial charge in [-0.25, -0.2) is 4.79 Å². The van der Waals surface area contributed by atoms with Gasteiger partial charge >= 0.3 is 6.09 Å². The van der Waals surface area contributed by atoms with E-state index >= 15 is 0 Å². The summed E-state index contributed by atoms with van der Waals surface area (Å²) >= 11 is 0. The van der Waals surface area contributed by atoms with E-state index in [4.69, 9.17) is 9.47 Å². The molecule has 128 valence electrons. The molecule has 1 heterocycles. The molecule has 0 bridgehead atoms. The molecule has 2 amide bonds. The van der Waals surface area contributed by atoms with Crippen molar-refractivity contribution in [3.63, 3.8) is 0 Å². The van der Waals surface area contributed by atoms with Gasteiger partial charge in [0.2, 0.25) is 5.91 Å². The average Bonchev–Trinajstić information content (AvgIpc) is 2.37. The van der Waals surface area contributed by atoms with Crippen molar-refractivity contribution in [2.75, 3.05) is 26.2 Å². The number of hydrogen-bond donors (Lipinski definition) is 1. The first kappa shape index (κ1) is 18.7. The van der Waals surface area contributed by atoms with Crippen molar-refractivity contribution in [1.82, 2.24) is 10.2 Å². The van der Waals surface area contributed by atoms with E-state index in [1.54, 1.807) is 4.90 Å². The first-order valence-corrected chi connectivity index (χ1v) is 8.04. The van der Waals surface area contributed by atoms with Crippen LogP contribution in [0.4, 0.5) is 4.79 Å². The highest BCUT2D eigenvalue weighted by molar-refractivity contribution is 5.75. The number of ether oxygens (including phenoxy) is 2. The Morgan fingerprint density at radius 1 is 1.23 bits per heavy atom. The Bertz CT molecular complexity index is 382. The van der Waals surface area contributed by atoms with Gasteiger partial charge in [-0.3, -0.25) is 4.79 Å². The van der Waals surface area contributed by atoms with Crippen molar-refractivity contribution in [3.05, 3.63) is 0 Å². The Morgan fingerprint density at radius 2 is 1.82 bits per heavy atom. The van der Waals surface area contributed by atoms with Crippen LogP contribution in [0.3, 0.4) is 0 Å². The summed E-state index contributed by atoms with van der Waals surface area (Å²) in [5, 5.41) is 2.75. The van der Waals surface area contributed by atoms with E-state index in [-0.39, 0.29) is 17.6 Å². The molecule has 6 heteroatoms. The maximum absolute atomic E-state index is 12.0. The number of likely N-dealkylation sites (tertiary alicyclic amines) is 1. The van der Waals surface area contributed by atoms with Gasteiger partial charge in [0.15, 0.2) is 0 Å². The summed E-state index contributed by atoms with van der Waals surface area (Å²) in [6.45, 7) is 11.8. The van der Waals surface area contributed by atoms with Crippen molar-refractivity contribution in [2.24, 2.45) is 0 Å². The lowest BCUT2D eigenvalue weighted by atomic mass is 9.93. The van der Waals surface area contributed by atoms with Crippen LogP contribution in [0.15, 0.2) is 0 Å². The molecule has 0 atom stereocenters. The van der Waals surface area contributed by atoms with Gasteiger partial charge in [-0.05, 0) is 47.5 Å². The third kappa shape index (κ3) is 6.64. The maximum atomic E-state index is 12.0. The van der Waals surface area contributed by atoms with Gasteiger partial charge in [-0.15, -0.1) is 0 Å². The number of amides is 2. The van der Waals surface area contributed by atoms with Crippen LogP contribution in [0.5, 0.6) is 0 Å². The zero-order valence-corrected chi connectivity index (χ0v) is 14.5. The Labute approximate surface area is 133 Å². The van der Waals surface area contributed by atoms with Gasteiger partial charge in [0.25, 0.3) is 0 Å². The van der Waals surface area contributed by atoms with Crippen LogP contribution >= 0.6 is 0 Å². The molecular weight excluding hydrogens is 284 g/mol. The standard InChI is InChI=1S/C16H30N2O4/c1-6-17-13(19)7-12-21-16(5)8-10-18(11-9-16)14(20)22-15(2,3)4/h6-12H2,1-5H3,(H,17,19). The number of nitrogens with zero attached hydrogens (tertiary/aromatic N) is 1. The predicted octanol–water partition coefficient (Wildman–Crippen LogP) is 2.32. The Morgan fingerprint density at radius 3 is 2.32 bits per heavy atom. The largest absolute Gasteiger partial charge is 0.444 e. The van der Waals surface area contributed by atoms with E-state index in [1.807, 2.05) is 34.6 Å². The molecule has 0 aromatic rings. The van der Waals surface area contributed by atoms with Gasteiger partial charge in [0, 0.05) is 26.1 Å². The SMILES string of the molecule is CCNC(=O)CCOC1(C)CCN(C(=O)OC(C)(C)C)CC1. The summed E-state index contributed by atoms with van der Waals surface area (Å²) in [4.78, 5) is 25.1. The molecule has 0 unspecified atom stereocenters. The van der Waals surface area contributed by atoms with E-state index in [0.717, 1.165) is 12.8 Å². The topological polar surface area (TPSA) is 67.9 Å². The molecule has 1 aliphatic rings. The molecule has 0 saturated carbocycles. The lowest BCUT2D eigenvalue weighted by Crippen LogP contribution is -2.48. The third-order valence-corrected chi connectivity index (χ3v) is 3.63. The van der Waals surface area contributed by atoms with E-state index in [0.29, 0.717) is 32.7 Å². The molecular formula is C16H30N2O4. The van der Waals surface area contributed by atoms with E-state index < -0.39 is 5.60 Å². The van der Waals surface area contributed by atoms with E-state index in [2.05, 4.69) is 5.32 Å². The Balaban J connectivity index is 2.34. The van der Waals surface area contributed by atoms with Gasteiger partial charge in [-0.2, -0.15) is 0 Å².